The van der Waals surface area contributed by atoms with Crippen LogP contribution in [0.4, 0.5) is 0 Å². The average molecular weight is 272 g/mol. The Bertz CT molecular complexity index is 599. The Labute approximate surface area is 117 Å². The van der Waals surface area contributed by atoms with Gasteiger partial charge in [0.15, 0.2) is 0 Å². The molecule has 0 spiro atoms. The number of benzene rings is 1. The van der Waals surface area contributed by atoms with Gasteiger partial charge in [0, 0.05) is 32.1 Å². The van der Waals surface area contributed by atoms with Gasteiger partial charge in [0.1, 0.15) is 11.5 Å². The summed E-state index contributed by atoms with van der Waals surface area (Å²) in [7, 11) is 1.68. The highest BCUT2D eigenvalue weighted by Gasteiger charge is 2.15. The molecule has 0 saturated heterocycles. The molecule has 0 saturated carbocycles. The fraction of sp³-hybridized carbons (Fsp3) is 0.200. The molecular weight excluding hydrogens is 256 g/mol. The van der Waals surface area contributed by atoms with Crippen LogP contribution in [0.1, 0.15) is 15.9 Å². The first-order valence-electron chi connectivity index (χ1n) is 6.24. The molecule has 0 aliphatic heterocycles. The molecular formula is C15H16N2O3. The first-order chi connectivity index (χ1) is 9.58. The quantitative estimate of drug-likeness (QED) is 0.890. The normalized spacial score (nSPS) is 10.2. The van der Waals surface area contributed by atoms with E-state index in [1.165, 1.54) is 17.0 Å². The maximum Gasteiger partial charge on any atom is 0.257 e. The zero-order valence-corrected chi connectivity index (χ0v) is 11.2. The zero-order chi connectivity index (χ0) is 14.5. The second-order valence-corrected chi connectivity index (χ2v) is 4.53. The van der Waals surface area contributed by atoms with E-state index in [-0.39, 0.29) is 23.0 Å². The van der Waals surface area contributed by atoms with Crippen molar-refractivity contribution in [1.29, 1.82) is 0 Å². The first-order valence-corrected chi connectivity index (χ1v) is 6.24. The summed E-state index contributed by atoms with van der Waals surface area (Å²) in [6, 6.07) is 7.75. The number of amides is 1. The van der Waals surface area contributed by atoms with Crippen molar-refractivity contribution in [2.24, 2.45) is 0 Å². The number of rotatable bonds is 4. The second-order valence-electron chi connectivity index (χ2n) is 4.53. The molecule has 5 heteroatoms. The first kappa shape index (κ1) is 13.9. The third-order valence-electron chi connectivity index (χ3n) is 3.04. The number of carbonyl (C=O) groups excluding carboxylic acids is 1. The van der Waals surface area contributed by atoms with Gasteiger partial charge in [0.2, 0.25) is 0 Å². The number of aromatic hydroxyl groups is 2. The molecule has 2 N–H and O–H groups in total. The lowest BCUT2D eigenvalue weighted by Gasteiger charge is -2.17. The van der Waals surface area contributed by atoms with Gasteiger partial charge < -0.3 is 15.1 Å². The van der Waals surface area contributed by atoms with Gasteiger partial charge in [-0.2, -0.15) is 0 Å². The van der Waals surface area contributed by atoms with E-state index < -0.39 is 0 Å². The molecule has 104 valence electrons. The van der Waals surface area contributed by atoms with Crippen LogP contribution in [0.15, 0.2) is 42.7 Å². The minimum atomic E-state index is -0.281. The van der Waals surface area contributed by atoms with Gasteiger partial charge in [0.25, 0.3) is 5.91 Å². The van der Waals surface area contributed by atoms with E-state index in [9.17, 15) is 15.0 Å². The Morgan fingerprint density at radius 1 is 1.20 bits per heavy atom. The van der Waals surface area contributed by atoms with Crippen molar-refractivity contribution in [3.8, 4) is 11.5 Å². The van der Waals surface area contributed by atoms with E-state index in [1.807, 2.05) is 12.1 Å². The van der Waals surface area contributed by atoms with Crippen molar-refractivity contribution in [3.05, 3.63) is 53.9 Å². The van der Waals surface area contributed by atoms with Crippen LogP contribution in [0.25, 0.3) is 0 Å². The van der Waals surface area contributed by atoms with Crippen molar-refractivity contribution in [2.45, 2.75) is 6.42 Å². The molecule has 0 radical (unpaired) electrons. The Balaban J connectivity index is 2.01. The highest BCUT2D eigenvalue weighted by Crippen LogP contribution is 2.23. The molecule has 0 aliphatic carbocycles. The fourth-order valence-corrected chi connectivity index (χ4v) is 1.85. The van der Waals surface area contributed by atoms with Crippen molar-refractivity contribution in [3.63, 3.8) is 0 Å². The molecule has 2 rings (SSSR count). The number of nitrogens with zero attached hydrogens (tertiary/aromatic N) is 2. The fourth-order valence-electron chi connectivity index (χ4n) is 1.85. The van der Waals surface area contributed by atoms with Crippen LogP contribution in [-0.4, -0.2) is 39.6 Å². The average Bonchev–Trinajstić information content (AvgIpc) is 2.45. The van der Waals surface area contributed by atoms with Gasteiger partial charge in [-0.05, 0) is 36.2 Å². The molecule has 2 aromatic rings. The molecule has 1 aromatic carbocycles. The van der Waals surface area contributed by atoms with Crippen LogP contribution in [0.2, 0.25) is 0 Å². The topological polar surface area (TPSA) is 73.7 Å². The molecule has 1 aromatic heterocycles. The smallest absolute Gasteiger partial charge is 0.257 e. The third kappa shape index (κ3) is 3.26. The molecule has 0 fully saturated rings. The second kappa shape index (κ2) is 6.06. The number of likely N-dealkylation sites (N-methyl/N-ethyl adjacent to an activating group) is 1. The van der Waals surface area contributed by atoms with Crippen molar-refractivity contribution in [2.75, 3.05) is 13.6 Å². The summed E-state index contributed by atoms with van der Waals surface area (Å²) in [5.74, 6) is -0.569. The van der Waals surface area contributed by atoms with Crippen LogP contribution in [0.3, 0.4) is 0 Å². The lowest BCUT2D eigenvalue weighted by Crippen LogP contribution is -2.28. The molecule has 1 heterocycles. The molecule has 0 atom stereocenters. The van der Waals surface area contributed by atoms with Crippen molar-refractivity contribution < 1.29 is 15.0 Å². The lowest BCUT2D eigenvalue weighted by molar-refractivity contribution is 0.0793. The van der Waals surface area contributed by atoms with Crippen LogP contribution in [-0.2, 0) is 6.42 Å². The van der Waals surface area contributed by atoms with Gasteiger partial charge >= 0.3 is 0 Å². The Morgan fingerprint density at radius 3 is 2.55 bits per heavy atom. The van der Waals surface area contributed by atoms with E-state index in [0.29, 0.717) is 13.0 Å². The number of hydrogen-bond donors (Lipinski definition) is 2. The maximum atomic E-state index is 12.2. The molecule has 0 bridgehead atoms. The zero-order valence-electron chi connectivity index (χ0n) is 11.2. The van der Waals surface area contributed by atoms with Gasteiger partial charge in [-0.1, -0.05) is 0 Å². The number of phenols is 2. The molecule has 5 nitrogen and oxygen atoms in total. The monoisotopic (exact) mass is 272 g/mol. The van der Waals surface area contributed by atoms with Crippen LogP contribution < -0.4 is 0 Å². The molecule has 0 aliphatic rings. The highest BCUT2D eigenvalue weighted by molar-refractivity contribution is 5.96. The van der Waals surface area contributed by atoms with Crippen LogP contribution in [0, 0.1) is 0 Å². The van der Waals surface area contributed by atoms with E-state index in [1.54, 1.807) is 19.4 Å². The summed E-state index contributed by atoms with van der Waals surface area (Å²) in [5.41, 5.74) is 1.27. The minimum Gasteiger partial charge on any atom is -0.508 e. The van der Waals surface area contributed by atoms with Crippen LogP contribution >= 0.6 is 0 Å². The van der Waals surface area contributed by atoms with E-state index >= 15 is 0 Å². The van der Waals surface area contributed by atoms with Crippen molar-refractivity contribution >= 4 is 5.91 Å². The number of pyridine rings is 1. The predicted molar refractivity (Wildman–Crippen MR) is 74.7 cm³/mol. The summed E-state index contributed by atoms with van der Waals surface area (Å²) in [6.45, 7) is 0.531. The summed E-state index contributed by atoms with van der Waals surface area (Å²) < 4.78 is 0. The van der Waals surface area contributed by atoms with Crippen LogP contribution in [0.5, 0.6) is 11.5 Å². The van der Waals surface area contributed by atoms with Gasteiger partial charge in [-0.3, -0.25) is 9.78 Å². The summed E-state index contributed by atoms with van der Waals surface area (Å²) in [4.78, 5) is 17.6. The van der Waals surface area contributed by atoms with E-state index in [0.717, 1.165) is 11.6 Å². The van der Waals surface area contributed by atoms with Gasteiger partial charge in [0.05, 0.1) is 5.56 Å². The number of aromatic nitrogens is 1. The summed E-state index contributed by atoms with van der Waals surface area (Å²) in [5, 5.41) is 18.9. The Kier molecular flexibility index (Phi) is 4.20. The predicted octanol–water partition coefficient (Wildman–Crippen LogP) is 1.81. The lowest BCUT2D eigenvalue weighted by atomic mass is 10.1. The largest absolute Gasteiger partial charge is 0.508 e. The third-order valence-corrected chi connectivity index (χ3v) is 3.04. The van der Waals surface area contributed by atoms with Gasteiger partial charge in [-0.25, -0.2) is 0 Å². The van der Waals surface area contributed by atoms with E-state index in [4.69, 9.17) is 0 Å². The summed E-state index contributed by atoms with van der Waals surface area (Å²) in [6.07, 6.45) is 4.13. The maximum absolute atomic E-state index is 12.2. The molecule has 0 unspecified atom stereocenters. The number of carbonyl (C=O) groups is 1. The van der Waals surface area contributed by atoms with Gasteiger partial charge in [-0.15, -0.1) is 0 Å². The van der Waals surface area contributed by atoms with Crippen molar-refractivity contribution in [1.82, 2.24) is 9.88 Å². The SMILES string of the molecule is CN(CCc1ccncc1)C(=O)c1ccc(O)cc1O. The Morgan fingerprint density at radius 2 is 1.90 bits per heavy atom. The standard InChI is InChI=1S/C15H16N2O3/c1-17(9-6-11-4-7-16-8-5-11)15(20)13-3-2-12(18)10-14(13)19/h2-5,7-8,10,18-19H,6,9H2,1H3. The summed E-state index contributed by atoms with van der Waals surface area (Å²) >= 11 is 0. The Hall–Kier alpha value is -2.56. The van der Waals surface area contributed by atoms with E-state index in [2.05, 4.69) is 4.98 Å². The highest BCUT2D eigenvalue weighted by atomic mass is 16.3. The number of hydrogen-bond acceptors (Lipinski definition) is 4. The molecule has 20 heavy (non-hydrogen) atoms. The minimum absolute atomic E-state index is 0.0708. The molecule has 1 amide bonds. The number of phenolic OH excluding ortho intramolecular Hbond substituents is 2.